The van der Waals surface area contributed by atoms with Crippen molar-refractivity contribution in [2.75, 3.05) is 5.88 Å². The maximum Gasteiger partial charge on any atom is 0.269 e. The molecule has 0 atom stereocenters. The second kappa shape index (κ2) is 5.20. The number of aryl methyl sites for hydroxylation is 1. The SMILES string of the molecule is O=[N+]([O-])c1ccc(-c2nnc(CCCl)s2)cc1. The van der Waals surface area contributed by atoms with Gasteiger partial charge in [-0.15, -0.1) is 21.8 Å². The van der Waals surface area contributed by atoms with Crippen LogP contribution in [0.2, 0.25) is 0 Å². The molecule has 0 aliphatic carbocycles. The van der Waals surface area contributed by atoms with E-state index >= 15 is 0 Å². The maximum atomic E-state index is 10.5. The number of benzene rings is 1. The lowest BCUT2D eigenvalue weighted by Crippen LogP contribution is -1.86. The van der Waals surface area contributed by atoms with Crippen LogP contribution in [0.5, 0.6) is 0 Å². The van der Waals surface area contributed by atoms with E-state index in [0.29, 0.717) is 12.3 Å². The van der Waals surface area contributed by atoms with Gasteiger partial charge in [0, 0.05) is 30.0 Å². The van der Waals surface area contributed by atoms with Crippen LogP contribution in [0.1, 0.15) is 5.01 Å². The molecular formula is C10H8ClN3O2S. The Morgan fingerprint density at radius 2 is 2.00 bits per heavy atom. The van der Waals surface area contributed by atoms with Gasteiger partial charge in [0.15, 0.2) is 0 Å². The number of nitro groups is 1. The van der Waals surface area contributed by atoms with Crippen LogP contribution in [-0.4, -0.2) is 21.0 Å². The van der Waals surface area contributed by atoms with Crippen LogP contribution in [0.3, 0.4) is 0 Å². The van der Waals surface area contributed by atoms with Crippen molar-refractivity contribution in [3.05, 3.63) is 39.4 Å². The van der Waals surface area contributed by atoms with Crippen LogP contribution in [0.25, 0.3) is 10.6 Å². The minimum absolute atomic E-state index is 0.0687. The summed E-state index contributed by atoms with van der Waals surface area (Å²) in [5.74, 6) is 0.509. The first kappa shape index (κ1) is 11.9. The van der Waals surface area contributed by atoms with Gasteiger partial charge in [-0.3, -0.25) is 10.1 Å². The summed E-state index contributed by atoms with van der Waals surface area (Å²) >= 11 is 7.06. The Morgan fingerprint density at radius 1 is 1.29 bits per heavy atom. The van der Waals surface area contributed by atoms with Crippen LogP contribution in [0.15, 0.2) is 24.3 Å². The van der Waals surface area contributed by atoms with Crippen LogP contribution in [-0.2, 0) is 6.42 Å². The Labute approximate surface area is 106 Å². The van der Waals surface area contributed by atoms with Crippen molar-refractivity contribution in [3.8, 4) is 10.6 Å². The fraction of sp³-hybridized carbons (Fsp3) is 0.200. The Hall–Kier alpha value is -1.53. The smallest absolute Gasteiger partial charge is 0.258 e. The monoisotopic (exact) mass is 269 g/mol. The molecule has 2 rings (SSSR count). The van der Waals surface area contributed by atoms with E-state index in [1.807, 2.05) is 0 Å². The molecule has 0 saturated carbocycles. The Kier molecular flexibility index (Phi) is 3.65. The quantitative estimate of drug-likeness (QED) is 0.486. The number of non-ortho nitro benzene ring substituents is 1. The van der Waals surface area contributed by atoms with E-state index in [9.17, 15) is 10.1 Å². The van der Waals surface area contributed by atoms with E-state index in [0.717, 1.165) is 15.6 Å². The Morgan fingerprint density at radius 3 is 2.59 bits per heavy atom. The van der Waals surface area contributed by atoms with E-state index in [1.54, 1.807) is 12.1 Å². The topological polar surface area (TPSA) is 68.9 Å². The van der Waals surface area contributed by atoms with Gasteiger partial charge in [0.1, 0.15) is 10.0 Å². The molecule has 0 aliphatic rings. The third kappa shape index (κ3) is 2.78. The van der Waals surface area contributed by atoms with Crippen molar-refractivity contribution >= 4 is 28.6 Å². The first-order chi connectivity index (χ1) is 8.20. The van der Waals surface area contributed by atoms with Gasteiger partial charge in [0.05, 0.1) is 4.92 Å². The fourth-order valence-electron chi connectivity index (χ4n) is 1.28. The molecule has 17 heavy (non-hydrogen) atoms. The van der Waals surface area contributed by atoms with Crippen LogP contribution in [0, 0.1) is 10.1 Å². The number of nitro benzene ring substituents is 1. The van der Waals surface area contributed by atoms with Gasteiger partial charge in [-0.1, -0.05) is 11.3 Å². The van der Waals surface area contributed by atoms with Gasteiger partial charge in [-0.05, 0) is 12.1 Å². The normalized spacial score (nSPS) is 10.4. The third-order valence-electron chi connectivity index (χ3n) is 2.10. The summed E-state index contributed by atoms with van der Waals surface area (Å²) in [5.41, 5.74) is 0.896. The molecule has 0 fully saturated rings. The van der Waals surface area contributed by atoms with Gasteiger partial charge >= 0.3 is 0 Å². The summed E-state index contributed by atoms with van der Waals surface area (Å²) in [7, 11) is 0. The minimum Gasteiger partial charge on any atom is -0.258 e. The second-order valence-corrected chi connectivity index (χ2v) is 4.68. The predicted octanol–water partition coefficient (Wildman–Crippen LogP) is 2.89. The lowest BCUT2D eigenvalue weighted by Gasteiger charge is -1.94. The van der Waals surface area contributed by atoms with Crippen LogP contribution >= 0.6 is 22.9 Å². The number of aromatic nitrogens is 2. The van der Waals surface area contributed by atoms with Crippen LogP contribution < -0.4 is 0 Å². The molecule has 2 aromatic rings. The van der Waals surface area contributed by atoms with Gasteiger partial charge in [-0.2, -0.15) is 0 Å². The largest absolute Gasteiger partial charge is 0.269 e. The van der Waals surface area contributed by atoms with Gasteiger partial charge in [0.2, 0.25) is 0 Å². The number of alkyl halides is 1. The standard InChI is InChI=1S/C10H8ClN3O2S/c11-6-5-9-12-13-10(17-9)7-1-3-8(4-2-7)14(15)16/h1-4H,5-6H2. The van der Waals surface area contributed by atoms with E-state index in [-0.39, 0.29) is 5.69 Å². The zero-order valence-electron chi connectivity index (χ0n) is 8.67. The Balaban J connectivity index is 2.23. The molecule has 0 aliphatic heterocycles. The molecule has 0 bridgehead atoms. The minimum atomic E-state index is -0.428. The molecule has 88 valence electrons. The highest BCUT2D eigenvalue weighted by molar-refractivity contribution is 7.14. The molecule has 0 spiro atoms. The highest BCUT2D eigenvalue weighted by atomic mass is 35.5. The summed E-state index contributed by atoms with van der Waals surface area (Å²) in [4.78, 5) is 10.1. The number of rotatable bonds is 4. The molecule has 7 heteroatoms. The summed E-state index contributed by atoms with van der Waals surface area (Å²) in [6, 6.07) is 6.25. The van der Waals surface area contributed by atoms with Gasteiger partial charge in [-0.25, -0.2) is 0 Å². The lowest BCUT2D eigenvalue weighted by atomic mass is 10.2. The first-order valence-corrected chi connectivity index (χ1v) is 6.19. The summed E-state index contributed by atoms with van der Waals surface area (Å²) in [5, 5.41) is 20.1. The molecule has 0 N–H and O–H groups in total. The lowest BCUT2D eigenvalue weighted by molar-refractivity contribution is -0.384. The second-order valence-electron chi connectivity index (χ2n) is 3.24. The zero-order chi connectivity index (χ0) is 12.3. The van der Waals surface area contributed by atoms with Crippen molar-refractivity contribution < 1.29 is 4.92 Å². The maximum absolute atomic E-state index is 10.5. The molecule has 0 radical (unpaired) electrons. The van der Waals surface area contributed by atoms with Crippen molar-refractivity contribution in [3.63, 3.8) is 0 Å². The number of nitrogens with zero attached hydrogens (tertiary/aromatic N) is 3. The Bertz CT molecular complexity index is 527. The highest BCUT2D eigenvalue weighted by Gasteiger charge is 2.09. The number of halogens is 1. The van der Waals surface area contributed by atoms with Crippen molar-refractivity contribution in [2.24, 2.45) is 0 Å². The first-order valence-electron chi connectivity index (χ1n) is 4.84. The molecule has 5 nitrogen and oxygen atoms in total. The molecule has 1 aromatic heterocycles. The average molecular weight is 270 g/mol. The molecule has 0 amide bonds. The zero-order valence-corrected chi connectivity index (χ0v) is 10.2. The molecule has 0 saturated heterocycles. The summed E-state index contributed by atoms with van der Waals surface area (Å²) in [6.45, 7) is 0. The predicted molar refractivity (Wildman–Crippen MR) is 66.4 cm³/mol. The van der Waals surface area contributed by atoms with Gasteiger partial charge in [0.25, 0.3) is 5.69 Å². The van der Waals surface area contributed by atoms with E-state index < -0.39 is 4.92 Å². The van der Waals surface area contributed by atoms with Crippen molar-refractivity contribution in [2.45, 2.75) is 6.42 Å². The van der Waals surface area contributed by atoms with Crippen molar-refractivity contribution in [1.82, 2.24) is 10.2 Å². The van der Waals surface area contributed by atoms with Crippen LogP contribution in [0.4, 0.5) is 5.69 Å². The molecule has 1 heterocycles. The number of hydrogen-bond acceptors (Lipinski definition) is 5. The van der Waals surface area contributed by atoms with E-state index in [1.165, 1.54) is 23.5 Å². The third-order valence-corrected chi connectivity index (χ3v) is 3.32. The molecule has 1 aromatic carbocycles. The molecule has 0 unspecified atom stereocenters. The van der Waals surface area contributed by atoms with E-state index in [4.69, 9.17) is 11.6 Å². The van der Waals surface area contributed by atoms with Crippen molar-refractivity contribution in [1.29, 1.82) is 0 Å². The summed E-state index contributed by atoms with van der Waals surface area (Å²) in [6.07, 6.45) is 0.687. The highest BCUT2D eigenvalue weighted by Crippen LogP contribution is 2.25. The van der Waals surface area contributed by atoms with Gasteiger partial charge < -0.3 is 0 Å². The average Bonchev–Trinajstić information content (AvgIpc) is 2.78. The number of hydrogen-bond donors (Lipinski definition) is 0. The fourth-order valence-corrected chi connectivity index (χ4v) is 2.41. The van der Waals surface area contributed by atoms with E-state index in [2.05, 4.69) is 10.2 Å². The summed E-state index contributed by atoms with van der Waals surface area (Å²) < 4.78 is 0. The molecular weight excluding hydrogens is 262 g/mol.